The van der Waals surface area contributed by atoms with E-state index >= 15 is 0 Å². The monoisotopic (exact) mass is 342 g/mol. The number of aromatic nitrogens is 2. The summed E-state index contributed by atoms with van der Waals surface area (Å²) in [7, 11) is 0. The Kier molecular flexibility index (Phi) is 4.80. The smallest absolute Gasteiger partial charge is 0.250 e. The standard InChI is InChI=1S/C17H18N4O2S/c1-10-8-11(2)19-17(18-10)24-9-16(23)21-20-14-7-6-13-12(14)4-3-5-15(13)22/h3-5,8,22H,6-7,9H2,1-2H3,(H,21,23)/b20-14-. The van der Waals surface area contributed by atoms with Crippen LogP contribution in [0.3, 0.4) is 0 Å². The molecule has 1 aliphatic carbocycles. The second-order valence-corrected chi connectivity index (χ2v) is 6.56. The van der Waals surface area contributed by atoms with Crippen molar-refractivity contribution < 1.29 is 9.90 Å². The number of nitrogens with zero attached hydrogens (tertiary/aromatic N) is 3. The molecule has 0 fully saturated rings. The van der Waals surface area contributed by atoms with Gasteiger partial charge in [-0.05, 0) is 38.8 Å². The van der Waals surface area contributed by atoms with Crippen LogP contribution in [0.4, 0.5) is 0 Å². The fourth-order valence-corrected chi connectivity index (χ4v) is 3.39. The third-order valence-electron chi connectivity index (χ3n) is 3.68. The lowest BCUT2D eigenvalue weighted by Crippen LogP contribution is -2.21. The number of rotatable bonds is 4. The maximum absolute atomic E-state index is 12.0. The van der Waals surface area contributed by atoms with Crippen molar-refractivity contribution in [2.24, 2.45) is 5.10 Å². The molecule has 2 N–H and O–H groups in total. The molecular formula is C17H18N4O2S. The van der Waals surface area contributed by atoms with Crippen LogP contribution >= 0.6 is 11.8 Å². The largest absolute Gasteiger partial charge is 0.508 e. The van der Waals surface area contributed by atoms with Crippen molar-refractivity contribution >= 4 is 23.4 Å². The average Bonchev–Trinajstić information content (AvgIpc) is 2.95. The van der Waals surface area contributed by atoms with E-state index in [4.69, 9.17) is 0 Å². The van der Waals surface area contributed by atoms with Crippen molar-refractivity contribution in [3.05, 3.63) is 46.8 Å². The van der Waals surface area contributed by atoms with E-state index in [9.17, 15) is 9.90 Å². The number of phenols is 1. The third-order valence-corrected chi connectivity index (χ3v) is 4.53. The Morgan fingerprint density at radius 1 is 1.29 bits per heavy atom. The molecule has 7 heteroatoms. The van der Waals surface area contributed by atoms with Crippen molar-refractivity contribution in [2.45, 2.75) is 31.8 Å². The van der Waals surface area contributed by atoms with Gasteiger partial charge in [-0.15, -0.1) is 0 Å². The van der Waals surface area contributed by atoms with Gasteiger partial charge in [0.1, 0.15) is 5.75 Å². The summed E-state index contributed by atoms with van der Waals surface area (Å²) in [5.41, 5.74) is 6.93. The number of hydrazone groups is 1. The zero-order chi connectivity index (χ0) is 17.1. The lowest BCUT2D eigenvalue weighted by atomic mass is 10.1. The zero-order valence-corrected chi connectivity index (χ0v) is 14.4. The quantitative estimate of drug-likeness (QED) is 0.506. The van der Waals surface area contributed by atoms with Crippen molar-refractivity contribution in [1.82, 2.24) is 15.4 Å². The van der Waals surface area contributed by atoms with Gasteiger partial charge in [-0.25, -0.2) is 15.4 Å². The van der Waals surface area contributed by atoms with Gasteiger partial charge in [0.25, 0.3) is 5.91 Å². The first-order valence-electron chi connectivity index (χ1n) is 7.64. The van der Waals surface area contributed by atoms with Crippen LogP contribution in [-0.4, -0.2) is 32.4 Å². The number of hydrogen-bond acceptors (Lipinski definition) is 6. The Morgan fingerprint density at radius 2 is 2.04 bits per heavy atom. The van der Waals surface area contributed by atoms with Crippen LogP contribution in [0.5, 0.6) is 5.75 Å². The van der Waals surface area contributed by atoms with Gasteiger partial charge in [-0.2, -0.15) is 5.10 Å². The molecule has 0 spiro atoms. The maximum atomic E-state index is 12.0. The minimum Gasteiger partial charge on any atom is -0.508 e. The molecule has 124 valence electrons. The topological polar surface area (TPSA) is 87.5 Å². The Balaban J connectivity index is 1.60. The van der Waals surface area contributed by atoms with Crippen LogP contribution in [-0.2, 0) is 11.2 Å². The summed E-state index contributed by atoms with van der Waals surface area (Å²) in [6.07, 6.45) is 1.45. The Labute approximate surface area is 144 Å². The first-order valence-corrected chi connectivity index (χ1v) is 8.63. The zero-order valence-electron chi connectivity index (χ0n) is 13.5. The summed E-state index contributed by atoms with van der Waals surface area (Å²) in [5, 5.41) is 14.6. The molecule has 2 aromatic rings. The number of benzene rings is 1. The lowest BCUT2D eigenvalue weighted by Gasteiger charge is -2.04. The molecule has 0 atom stereocenters. The van der Waals surface area contributed by atoms with Gasteiger partial charge in [-0.1, -0.05) is 23.9 Å². The molecule has 1 aliphatic rings. The molecule has 24 heavy (non-hydrogen) atoms. The summed E-state index contributed by atoms with van der Waals surface area (Å²) >= 11 is 1.28. The number of aryl methyl sites for hydroxylation is 2. The van der Waals surface area contributed by atoms with E-state index < -0.39 is 0 Å². The Hall–Kier alpha value is -2.41. The lowest BCUT2D eigenvalue weighted by molar-refractivity contribution is -0.118. The van der Waals surface area contributed by atoms with Gasteiger partial charge in [0.15, 0.2) is 5.16 Å². The normalized spacial score (nSPS) is 14.7. The van der Waals surface area contributed by atoms with E-state index in [0.29, 0.717) is 11.6 Å². The van der Waals surface area contributed by atoms with Crippen LogP contribution in [0.15, 0.2) is 34.5 Å². The highest BCUT2D eigenvalue weighted by Crippen LogP contribution is 2.29. The van der Waals surface area contributed by atoms with Crippen LogP contribution < -0.4 is 5.43 Å². The molecule has 6 nitrogen and oxygen atoms in total. The van der Waals surface area contributed by atoms with Gasteiger partial charge < -0.3 is 5.11 Å². The number of nitrogens with one attached hydrogen (secondary N) is 1. The second kappa shape index (κ2) is 7.00. The minimum atomic E-state index is -0.205. The van der Waals surface area contributed by atoms with Gasteiger partial charge in [0.05, 0.1) is 11.5 Å². The second-order valence-electron chi connectivity index (χ2n) is 5.62. The molecule has 0 bridgehead atoms. The van der Waals surface area contributed by atoms with E-state index in [1.165, 1.54) is 11.8 Å². The highest BCUT2D eigenvalue weighted by molar-refractivity contribution is 7.99. The highest BCUT2D eigenvalue weighted by Gasteiger charge is 2.20. The minimum absolute atomic E-state index is 0.201. The first-order chi connectivity index (χ1) is 11.5. The average molecular weight is 342 g/mol. The van der Waals surface area contributed by atoms with Gasteiger partial charge >= 0.3 is 0 Å². The van der Waals surface area contributed by atoms with E-state index in [2.05, 4.69) is 20.5 Å². The first kappa shape index (κ1) is 16.4. The van der Waals surface area contributed by atoms with Crippen molar-refractivity contribution in [1.29, 1.82) is 0 Å². The predicted molar refractivity (Wildman–Crippen MR) is 93.3 cm³/mol. The fourth-order valence-electron chi connectivity index (χ4n) is 2.65. The summed E-state index contributed by atoms with van der Waals surface area (Å²) in [5.74, 6) is 0.280. The number of phenolic OH excluding ortho intramolecular Hbond substituents is 1. The summed E-state index contributed by atoms with van der Waals surface area (Å²) in [4.78, 5) is 20.6. The molecule has 0 saturated carbocycles. The van der Waals surface area contributed by atoms with Crippen molar-refractivity contribution in [3.63, 3.8) is 0 Å². The van der Waals surface area contributed by atoms with E-state index in [1.807, 2.05) is 26.0 Å². The fraction of sp³-hybridized carbons (Fsp3) is 0.294. The predicted octanol–water partition coefficient (Wildman–Crippen LogP) is 2.36. The molecular weight excluding hydrogens is 324 g/mol. The van der Waals surface area contributed by atoms with Crippen LogP contribution in [0.2, 0.25) is 0 Å². The van der Waals surface area contributed by atoms with Crippen molar-refractivity contribution in [2.75, 3.05) is 5.75 Å². The molecule has 0 unspecified atom stereocenters. The summed E-state index contributed by atoms with van der Waals surface area (Å²) in [6.45, 7) is 3.80. The number of thioether (sulfide) groups is 1. The third kappa shape index (κ3) is 3.73. The number of aromatic hydroxyl groups is 1. The van der Waals surface area contributed by atoms with E-state index in [0.717, 1.165) is 34.6 Å². The number of carbonyl (C=O) groups is 1. The molecule has 0 saturated heterocycles. The van der Waals surface area contributed by atoms with E-state index in [1.54, 1.807) is 12.1 Å². The summed E-state index contributed by atoms with van der Waals surface area (Å²) < 4.78 is 0. The molecule has 0 aliphatic heterocycles. The van der Waals surface area contributed by atoms with E-state index in [-0.39, 0.29) is 17.4 Å². The molecule has 1 amide bonds. The molecule has 1 heterocycles. The number of carbonyl (C=O) groups excluding carboxylic acids is 1. The van der Waals surface area contributed by atoms with Gasteiger partial charge in [0.2, 0.25) is 0 Å². The molecule has 1 aromatic carbocycles. The van der Waals surface area contributed by atoms with Gasteiger partial charge in [0, 0.05) is 22.5 Å². The molecule has 1 aromatic heterocycles. The van der Waals surface area contributed by atoms with Crippen LogP contribution in [0.1, 0.15) is 28.9 Å². The Morgan fingerprint density at radius 3 is 2.79 bits per heavy atom. The molecule has 0 radical (unpaired) electrons. The SMILES string of the molecule is Cc1cc(C)nc(SCC(=O)N/N=C2/CCc3c(O)cccc32)n1. The number of hydrogen-bond donors (Lipinski definition) is 2. The Bertz CT molecular complexity index is 800. The van der Waals surface area contributed by atoms with Crippen LogP contribution in [0.25, 0.3) is 0 Å². The van der Waals surface area contributed by atoms with Gasteiger partial charge in [-0.3, -0.25) is 4.79 Å². The number of amides is 1. The molecule has 3 rings (SSSR count). The summed E-state index contributed by atoms with van der Waals surface area (Å²) in [6, 6.07) is 7.25. The maximum Gasteiger partial charge on any atom is 0.250 e. The highest BCUT2D eigenvalue weighted by atomic mass is 32.2. The number of fused-ring (bicyclic) bond motifs is 1. The van der Waals surface area contributed by atoms with Crippen LogP contribution in [0, 0.1) is 13.8 Å². The van der Waals surface area contributed by atoms with Crippen molar-refractivity contribution in [3.8, 4) is 5.75 Å².